The zero-order valence-electron chi connectivity index (χ0n) is 11.8. The van der Waals surface area contributed by atoms with E-state index in [1.165, 1.54) is 12.8 Å². The Morgan fingerprint density at radius 2 is 2.21 bits per heavy atom. The number of carbonyl (C=O) groups is 1. The smallest absolute Gasteiger partial charge is 0.254 e. The van der Waals surface area contributed by atoms with Gasteiger partial charge in [-0.2, -0.15) is 0 Å². The van der Waals surface area contributed by atoms with Crippen molar-refractivity contribution in [2.24, 2.45) is 11.8 Å². The number of hydrogen-bond acceptors (Lipinski definition) is 4. The highest BCUT2D eigenvalue weighted by Gasteiger charge is 2.28. The molecule has 5 heteroatoms. The molecule has 0 bridgehead atoms. The number of aryl methyl sites for hydroxylation is 1. The largest absolute Gasteiger partial charge is 0.336 e. The number of pyridine rings is 1. The molecule has 0 radical (unpaired) electrons. The first kappa shape index (κ1) is 13.8. The molecule has 0 atom stereocenters. The lowest BCUT2D eigenvalue weighted by Gasteiger charge is -2.27. The van der Waals surface area contributed by atoms with Gasteiger partial charge in [-0.1, -0.05) is 0 Å². The van der Waals surface area contributed by atoms with Crippen molar-refractivity contribution in [1.29, 1.82) is 0 Å². The van der Waals surface area contributed by atoms with E-state index in [1.54, 1.807) is 6.07 Å². The lowest BCUT2D eigenvalue weighted by atomic mass is 10.1. The van der Waals surface area contributed by atoms with Crippen LogP contribution < -0.4 is 11.3 Å². The number of aromatic nitrogens is 1. The fraction of sp³-hybridized carbons (Fsp3) is 0.571. The number of nitrogens with zero attached hydrogens (tertiary/aromatic N) is 2. The van der Waals surface area contributed by atoms with E-state index in [0.29, 0.717) is 17.3 Å². The molecule has 0 saturated heterocycles. The molecule has 1 aliphatic rings. The molecule has 1 amide bonds. The first-order chi connectivity index (χ1) is 9.01. The average Bonchev–Trinajstić information content (AvgIpc) is 3.18. The molecule has 0 unspecified atom stereocenters. The number of rotatable bonds is 5. The van der Waals surface area contributed by atoms with Crippen molar-refractivity contribution in [3.05, 3.63) is 23.4 Å². The molecule has 0 aliphatic heterocycles. The zero-order chi connectivity index (χ0) is 14.0. The SMILES string of the molecule is Cc1cc(C(=O)N(CC2CC2)C(C)C)cc(NN)n1. The average molecular weight is 262 g/mol. The molecule has 2 rings (SSSR count). The molecule has 104 valence electrons. The van der Waals surface area contributed by atoms with E-state index in [9.17, 15) is 4.79 Å². The molecule has 1 aromatic heterocycles. The Balaban J connectivity index is 2.22. The summed E-state index contributed by atoms with van der Waals surface area (Å²) >= 11 is 0. The van der Waals surface area contributed by atoms with Gasteiger partial charge in [0, 0.05) is 23.8 Å². The van der Waals surface area contributed by atoms with E-state index in [0.717, 1.165) is 12.2 Å². The number of carbonyl (C=O) groups excluding carboxylic acids is 1. The van der Waals surface area contributed by atoms with E-state index in [4.69, 9.17) is 5.84 Å². The molecule has 1 aliphatic carbocycles. The van der Waals surface area contributed by atoms with Crippen molar-refractivity contribution >= 4 is 11.7 Å². The molecule has 3 N–H and O–H groups in total. The van der Waals surface area contributed by atoms with Crippen molar-refractivity contribution < 1.29 is 4.79 Å². The van der Waals surface area contributed by atoms with Gasteiger partial charge in [0.15, 0.2) is 0 Å². The van der Waals surface area contributed by atoms with Gasteiger partial charge in [-0.15, -0.1) is 0 Å². The van der Waals surface area contributed by atoms with Gasteiger partial charge in [-0.25, -0.2) is 10.8 Å². The monoisotopic (exact) mass is 262 g/mol. The maximum atomic E-state index is 12.6. The third kappa shape index (κ3) is 3.44. The summed E-state index contributed by atoms with van der Waals surface area (Å²) in [5.74, 6) is 6.64. The molecule has 19 heavy (non-hydrogen) atoms. The summed E-state index contributed by atoms with van der Waals surface area (Å²) < 4.78 is 0. The summed E-state index contributed by atoms with van der Waals surface area (Å²) in [6, 6.07) is 3.72. The number of amides is 1. The van der Waals surface area contributed by atoms with E-state index in [1.807, 2.05) is 17.9 Å². The van der Waals surface area contributed by atoms with Crippen LogP contribution in [0.25, 0.3) is 0 Å². The molecule has 1 heterocycles. The van der Waals surface area contributed by atoms with E-state index < -0.39 is 0 Å². The third-order valence-electron chi connectivity index (χ3n) is 3.38. The number of hydrogen-bond donors (Lipinski definition) is 2. The van der Waals surface area contributed by atoms with Gasteiger partial charge in [0.1, 0.15) is 5.82 Å². The summed E-state index contributed by atoms with van der Waals surface area (Å²) in [7, 11) is 0. The van der Waals surface area contributed by atoms with Crippen molar-refractivity contribution in [1.82, 2.24) is 9.88 Å². The Morgan fingerprint density at radius 3 is 2.74 bits per heavy atom. The van der Waals surface area contributed by atoms with Gasteiger partial charge < -0.3 is 10.3 Å². The van der Waals surface area contributed by atoms with Crippen LogP contribution in [0.1, 0.15) is 42.7 Å². The molecule has 1 fully saturated rings. The minimum atomic E-state index is 0.0592. The molecule has 1 saturated carbocycles. The maximum Gasteiger partial charge on any atom is 0.254 e. The van der Waals surface area contributed by atoms with Crippen molar-refractivity contribution in [3.63, 3.8) is 0 Å². The number of hydrazine groups is 1. The van der Waals surface area contributed by atoms with Crippen LogP contribution >= 0.6 is 0 Å². The van der Waals surface area contributed by atoms with Crippen molar-refractivity contribution in [2.75, 3.05) is 12.0 Å². The quantitative estimate of drug-likeness (QED) is 0.628. The molecule has 0 spiro atoms. The van der Waals surface area contributed by atoms with Gasteiger partial charge in [-0.05, 0) is 51.7 Å². The third-order valence-corrected chi connectivity index (χ3v) is 3.38. The summed E-state index contributed by atoms with van der Waals surface area (Å²) in [5.41, 5.74) is 3.94. The minimum absolute atomic E-state index is 0.0592. The first-order valence-electron chi connectivity index (χ1n) is 6.77. The predicted octanol–water partition coefficient (Wildman–Crippen LogP) is 1.94. The van der Waals surface area contributed by atoms with Gasteiger partial charge in [-0.3, -0.25) is 4.79 Å². The molecular weight excluding hydrogens is 240 g/mol. The number of nitrogens with two attached hydrogens (primary N) is 1. The topological polar surface area (TPSA) is 71.2 Å². The Morgan fingerprint density at radius 1 is 1.53 bits per heavy atom. The summed E-state index contributed by atoms with van der Waals surface area (Å²) in [6.07, 6.45) is 2.48. The van der Waals surface area contributed by atoms with E-state index in [-0.39, 0.29) is 11.9 Å². The summed E-state index contributed by atoms with van der Waals surface area (Å²) in [5, 5.41) is 0. The molecule has 1 aromatic rings. The van der Waals surface area contributed by atoms with Crippen LogP contribution in [-0.4, -0.2) is 28.4 Å². The van der Waals surface area contributed by atoms with Gasteiger partial charge in [0.2, 0.25) is 0 Å². The Bertz CT molecular complexity index is 469. The molecule has 0 aromatic carbocycles. The zero-order valence-corrected chi connectivity index (χ0v) is 11.8. The highest BCUT2D eigenvalue weighted by Crippen LogP contribution is 2.31. The number of nitrogen functional groups attached to an aromatic ring is 1. The summed E-state index contributed by atoms with van der Waals surface area (Å²) in [6.45, 7) is 6.81. The first-order valence-corrected chi connectivity index (χ1v) is 6.77. The summed E-state index contributed by atoms with van der Waals surface area (Å²) in [4.78, 5) is 18.7. The van der Waals surface area contributed by atoms with Crippen LogP contribution in [0.4, 0.5) is 5.82 Å². The second kappa shape index (κ2) is 5.57. The van der Waals surface area contributed by atoms with Crippen molar-refractivity contribution in [2.45, 2.75) is 39.7 Å². The van der Waals surface area contributed by atoms with Crippen LogP contribution in [0.3, 0.4) is 0 Å². The fourth-order valence-corrected chi connectivity index (χ4v) is 2.14. The molecular formula is C14H22N4O. The van der Waals surface area contributed by atoms with Gasteiger partial charge in [0.05, 0.1) is 0 Å². The van der Waals surface area contributed by atoms with Crippen LogP contribution in [0.5, 0.6) is 0 Å². The second-order valence-electron chi connectivity index (χ2n) is 5.52. The Hall–Kier alpha value is -1.62. The molecule has 5 nitrogen and oxygen atoms in total. The van der Waals surface area contributed by atoms with Crippen LogP contribution in [0.2, 0.25) is 0 Å². The lowest BCUT2D eigenvalue weighted by molar-refractivity contribution is 0.0696. The fourth-order valence-electron chi connectivity index (χ4n) is 2.14. The van der Waals surface area contributed by atoms with Crippen LogP contribution in [0, 0.1) is 12.8 Å². The second-order valence-corrected chi connectivity index (χ2v) is 5.52. The standard InChI is InChI=1S/C14H22N4O/c1-9(2)18(8-11-4-5-11)14(19)12-6-10(3)16-13(7-12)17-15/h6-7,9,11H,4-5,8,15H2,1-3H3,(H,16,17). The minimum Gasteiger partial charge on any atom is -0.336 e. The van der Waals surface area contributed by atoms with E-state index in [2.05, 4.69) is 24.3 Å². The lowest BCUT2D eigenvalue weighted by Crippen LogP contribution is -2.38. The van der Waals surface area contributed by atoms with Crippen LogP contribution in [0.15, 0.2) is 12.1 Å². The van der Waals surface area contributed by atoms with E-state index >= 15 is 0 Å². The predicted molar refractivity (Wildman–Crippen MR) is 75.7 cm³/mol. The Kier molecular flexibility index (Phi) is 4.04. The van der Waals surface area contributed by atoms with Crippen LogP contribution in [-0.2, 0) is 0 Å². The Labute approximate surface area is 114 Å². The number of nitrogens with one attached hydrogen (secondary N) is 1. The maximum absolute atomic E-state index is 12.6. The highest BCUT2D eigenvalue weighted by atomic mass is 16.2. The van der Waals surface area contributed by atoms with Crippen molar-refractivity contribution in [3.8, 4) is 0 Å². The van der Waals surface area contributed by atoms with Gasteiger partial charge >= 0.3 is 0 Å². The number of anilines is 1. The highest BCUT2D eigenvalue weighted by molar-refractivity contribution is 5.95. The van der Waals surface area contributed by atoms with Gasteiger partial charge in [0.25, 0.3) is 5.91 Å². The normalized spacial score (nSPS) is 14.6.